The monoisotopic (exact) mass is 651 g/mol. The van der Waals surface area contributed by atoms with Gasteiger partial charge in [-0.2, -0.15) is 0 Å². The largest absolute Gasteiger partial charge is 0.455 e. The van der Waals surface area contributed by atoms with E-state index >= 15 is 0 Å². The Morgan fingerprint density at radius 3 is 1.61 bits per heavy atom. The topological polar surface area (TPSA) is 51.8 Å². The van der Waals surface area contributed by atoms with Crippen LogP contribution in [0.15, 0.2) is 180 Å². The first-order valence-corrected chi connectivity index (χ1v) is 17.1. The predicted octanol–water partition coefficient (Wildman–Crippen LogP) is 12.4. The Balaban J connectivity index is 1.17. The number of fused-ring (bicyclic) bond motifs is 5. The van der Waals surface area contributed by atoms with Crippen LogP contribution in [-0.2, 0) is 0 Å². The smallest absolute Gasteiger partial charge is 0.164 e. The summed E-state index contributed by atoms with van der Waals surface area (Å²) in [5.41, 5.74) is 8.80. The summed E-state index contributed by atoms with van der Waals surface area (Å²) < 4.78 is 6.59. The molecule has 238 valence electrons. The standard InChI is InChI=1S/C47H29N3O/c1-2-12-33(13-3-1)39-26-27-41(43-40-16-8-9-17-42(40)51-44(39)43)47-49-45(48-46(50-47)38-25-21-31-11-5-7-15-36(31)29-38)34-22-18-32(19-23-34)37-24-20-30-10-4-6-14-35(30)28-37/h1-29H. The molecule has 10 aromatic rings. The highest BCUT2D eigenvalue weighted by molar-refractivity contribution is 6.15. The van der Waals surface area contributed by atoms with E-state index in [-0.39, 0.29) is 0 Å². The summed E-state index contributed by atoms with van der Waals surface area (Å²) in [6, 6.07) is 61.1. The molecule has 0 saturated carbocycles. The second-order valence-electron chi connectivity index (χ2n) is 12.8. The molecule has 0 amide bonds. The molecule has 0 aliphatic carbocycles. The van der Waals surface area contributed by atoms with Crippen molar-refractivity contribution in [2.45, 2.75) is 0 Å². The minimum atomic E-state index is 0.595. The summed E-state index contributed by atoms with van der Waals surface area (Å²) in [5.74, 6) is 1.83. The first-order valence-electron chi connectivity index (χ1n) is 17.1. The lowest BCUT2D eigenvalue weighted by Crippen LogP contribution is -2.00. The van der Waals surface area contributed by atoms with Crippen molar-refractivity contribution < 1.29 is 4.42 Å². The normalized spacial score (nSPS) is 11.5. The molecule has 0 aliphatic heterocycles. The van der Waals surface area contributed by atoms with Crippen LogP contribution in [0.5, 0.6) is 0 Å². The van der Waals surface area contributed by atoms with Gasteiger partial charge in [0.1, 0.15) is 11.2 Å². The molecule has 0 unspecified atom stereocenters. The number of rotatable bonds is 5. The number of aromatic nitrogens is 3. The summed E-state index contributed by atoms with van der Waals surface area (Å²) in [7, 11) is 0. The zero-order valence-electron chi connectivity index (χ0n) is 27.5. The van der Waals surface area contributed by atoms with Gasteiger partial charge in [0, 0.05) is 33.0 Å². The van der Waals surface area contributed by atoms with E-state index in [4.69, 9.17) is 19.4 Å². The second kappa shape index (κ2) is 11.9. The molecule has 0 aliphatic rings. The molecule has 4 nitrogen and oxygen atoms in total. The molecule has 10 rings (SSSR count). The number of nitrogens with zero attached hydrogens (tertiary/aromatic N) is 3. The summed E-state index contributed by atoms with van der Waals surface area (Å²) in [4.78, 5) is 15.5. The van der Waals surface area contributed by atoms with Crippen LogP contribution >= 0.6 is 0 Å². The van der Waals surface area contributed by atoms with Crippen molar-refractivity contribution in [1.29, 1.82) is 0 Å². The quantitative estimate of drug-likeness (QED) is 0.186. The molecule has 0 fully saturated rings. The molecular weight excluding hydrogens is 623 g/mol. The number of furan rings is 1. The summed E-state index contributed by atoms with van der Waals surface area (Å²) >= 11 is 0. The number of hydrogen-bond acceptors (Lipinski definition) is 4. The third-order valence-electron chi connectivity index (χ3n) is 9.72. The van der Waals surface area contributed by atoms with Crippen molar-refractivity contribution in [3.8, 4) is 56.4 Å². The van der Waals surface area contributed by atoms with Crippen LogP contribution in [0, 0.1) is 0 Å². The second-order valence-corrected chi connectivity index (χ2v) is 12.8. The van der Waals surface area contributed by atoms with Crippen LogP contribution in [0.25, 0.3) is 99.9 Å². The van der Waals surface area contributed by atoms with Crippen LogP contribution in [0.3, 0.4) is 0 Å². The zero-order chi connectivity index (χ0) is 33.7. The maximum Gasteiger partial charge on any atom is 0.164 e. The van der Waals surface area contributed by atoms with E-state index in [1.165, 1.54) is 21.7 Å². The van der Waals surface area contributed by atoms with Crippen LogP contribution < -0.4 is 0 Å². The molecular formula is C47H29N3O. The fourth-order valence-electron chi connectivity index (χ4n) is 7.12. The van der Waals surface area contributed by atoms with Crippen molar-refractivity contribution in [2.75, 3.05) is 0 Å². The number of benzene rings is 8. The highest BCUT2D eigenvalue weighted by Gasteiger charge is 2.20. The molecule has 8 aromatic carbocycles. The van der Waals surface area contributed by atoms with E-state index in [0.29, 0.717) is 17.5 Å². The van der Waals surface area contributed by atoms with Gasteiger partial charge < -0.3 is 4.42 Å². The minimum absolute atomic E-state index is 0.595. The van der Waals surface area contributed by atoms with Crippen molar-refractivity contribution in [3.63, 3.8) is 0 Å². The van der Waals surface area contributed by atoms with Crippen molar-refractivity contribution in [1.82, 2.24) is 15.0 Å². The average Bonchev–Trinajstić information content (AvgIpc) is 3.60. The molecule has 0 N–H and O–H groups in total. The Kier molecular flexibility index (Phi) is 6.78. The maximum atomic E-state index is 6.59. The Hall–Kier alpha value is -6.91. The molecule has 51 heavy (non-hydrogen) atoms. The summed E-state index contributed by atoms with van der Waals surface area (Å²) in [5, 5.41) is 6.76. The van der Waals surface area contributed by atoms with Crippen LogP contribution in [-0.4, -0.2) is 15.0 Å². The van der Waals surface area contributed by atoms with Gasteiger partial charge in [0.25, 0.3) is 0 Å². The minimum Gasteiger partial charge on any atom is -0.455 e. The van der Waals surface area contributed by atoms with Gasteiger partial charge in [0.05, 0.1) is 0 Å². The first-order chi connectivity index (χ1) is 25.2. The van der Waals surface area contributed by atoms with Crippen LogP contribution in [0.4, 0.5) is 0 Å². The van der Waals surface area contributed by atoms with E-state index in [1.807, 2.05) is 24.3 Å². The van der Waals surface area contributed by atoms with Gasteiger partial charge >= 0.3 is 0 Å². The fourth-order valence-corrected chi connectivity index (χ4v) is 7.12. The lowest BCUT2D eigenvalue weighted by molar-refractivity contribution is 0.670. The molecule has 4 heteroatoms. The predicted molar refractivity (Wildman–Crippen MR) is 209 cm³/mol. The molecule has 2 aromatic heterocycles. The third-order valence-corrected chi connectivity index (χ3v) is 9.72. The lowest BCUT2D eigenvalue weighted by atomic mass is 9.98. The fraction of sp³-hybridized carbons (Fsp3) is 0. The SMILES string of the molecule is c1ccc(-c2ccc(-c3nc(-c4ccc(-c5ccc6ccccc6c5)cc4)nc(-c4ccc5ccccc5c4)n3)c3c2oc2ccccc23)cc1. The molecule has 0 atom stereocenters. The van der Waals surface area contributed by atoms with Crippen LogP contribution in [0.2, 0.25) is 0 Å². The zero-order valence-corrected chi connectivity index (χ0v) is 27.5. The van der Waals surface area contributed by atoms with Crippen LogP contribution in [0.1, 0.15) is 0 Å². The van der Waals surface area contributed by atoms with E-state index < -0.39 is 0 Å². The van der Waals surface area contributed by atoms with Gasteiger partial charge in [-0.15, -0.1) is 0 Å². The van der Waals surface area contributed by atoms with Gasteiger partial charge in [0.2, 0.25) is 0 Å². The van der Waals surface area contributed by atoms with Gasteiger partial charge in [-0.05, 0) is 68.6 Å². The molecule has 2 heterocycles. The average molecular weight is 652 g/mol. The van der Waals surface area contributed by atoms with Crippen molar-refractivity contribution in [3.05, 3.63) is 176 Å². The summed E-state index contributed by atoms with van der Waals surface area (Å²) in [6.45, 7) is 0. The van der Waals surface area contributed by atoms with Crippen molar-refractivity contribution in [2.24, 2.45) is 0 Å². The van der Waals surface area contributed by atoms with Gasteiger partial charge in [-0.1, -0.05) is 146 Å². The summed E-state index contributed by atoms with van der Waals surface area (Å²) in [6.07, 6.45) is 0. The van der Waals surface area contributed by atoms with E-state index in [2.05, 4.69) is 152 Å². The molecule has 0 radical (unpaired) electrons. The molecule has 0 spiro atoms. The lowest BCUT2D eigenvalue weighted by Gasteiger charge is -2.12. The van der Waals surface area contributed by atoms with Gasteiger partial charge in [-0.3, -0.25) is 0 Å². The first kappa shape index (κ1) is 29.0. The Labute approximate surface area is 294 Å². The molecule has 0 saturated heterocycles. The van der Waals surface area contributed by atoms with Gasteiger partial charge in [-0.25, -0.2) is 15.0 Å². The van der Waals surface area contributed by atoms with Crippen molar-refractivity contribution >= 4 is 43.5 Å². The Bertz CT molecular complexity index is 2910. The third kappa shape index (κ3) is 5.13. The van der Waals surface area contributed by atoms with E-state index in [1.54, 1.807) is 0 Å². The Morgan fingerprint density at radius 2 is 0.863 bits per heavy atom. The highest BCUT2D eigenvalue weighted by Crippen LogP contribution is 2.41. The number of hydrogen-bond donors (Lipinski definition) is 0. The molecule has 0 bridgehead atoms. The van der Waals surface area contributed by atoms with Gasteiger partial charge in [0.15, 0.2) is 17.5 Å². The number of para-hydroxylation sites is 1. The Morgan fingerprint density at radius 1 is 0.333 bits per heavy atom. The van der Waals surface area contributed by atoms with E-state index in [9.17, 15) is 0 Å². The maximum absolute atomic E-state index is 6.59. The van der Waals surface area contributed by atoms with E-state index in [0.717, 1.165) is 60.7 Å². The highest BCUT2D eigenvalue weighted by atomic mass is 16.3.